The van der Waals surface area contributed by atoms with Gasteiger partial charge in [0.25, 0.3) is 0 Å². The number of piperidine rings is 1. The Morgan fingerprint density at radius 1 is 1.09 bits per heavy atom. The van der Waals surface area contributed by atoms with E-state index in [1.807, 2.05) is 71.1 Å². The summed E-state index contributed by atoms with van der Waals surface area (Å²) in [7, 11) is 0. The van der Waals surface area contributed by atoms with Crippen LogP contribution in [0.15, 0.2) is 59.6 Å². The lowest BCUT2D eigenvalue weighted by Crippen LogP contribution is -2.39. The molecule has 0 aliphatic carbocycles. The second-order valence-electron chi connectivity index (χ2n) is 8.50. The van der Waals surface area contributed by atoms with Crippen molar-refractivity contribution in [2.24, 2.45) is 5.92 Å². The van der Waals surface area contributed by atoms with Gasteiger partial charge in [-0.05, 0) is 56.0 Å². The van der Waals surface area contributed by atoms with Gasteiger partial charge in [-0.25, -0.2) is 0 Å². The average Bonchev–Trinajstić information content (AvgIpc) is 3.17. The zero-order valence-corrected chi connectivity index (χ0v) is 20.1. The molecule has 2 aromatic carbocycles. The predicted molar refractivity (Wildman–Crippen MR) is 134 cm³/mol. The van der Waals surface area contributed by atoms with E-state index in [-0.39, 0.29) is 11.8 Å². The maximum atomic E-state index is 12.9. The molecule has 1 saturated heterocycles. The van der Waals surface area contributed by atoms with Crippen molar-refractivity contribution >= 4 is 40.2 Å². The molecular weight excluding hydrogens is 434 g/mol. The Balaban J connectivity index is 1.39. The summed E-state index contributed by atoms with van der Waals surface area (Å²) in [6, 6.07) is 15.4. The van der Waals surface area contributed by atoms with E-state index >= 15 is 0 Å². The van der Waals surface area contributed by atoms with Gasteiger partial charge < -0.3 is 19.5 Å². The van der Waals surface area contributed by atoms with Crippen molar-refractivity contribution in [1.82, 2.24) is 9.47 Å². The summed E-state index contributed by atoms with van der Waals surface area (Å²) in [5.74, 6) is 1.86. The third kappa shape index (κ3) is 5.90. The number of nitrogens with one attached hydrogen (secondary N) is 1. The summed E-state index contributed by atoms with van der Waals surface area (Å²) in [6.07, 6.45) is 4.15. The molecule has 1 aliphatic rings. The van der Waals surface area contributed by atoms with Crippen LogP contribution in [0, 0.1) is 5.92 Å². The first kappa shape index (κ1) is 23.2. The maximum absolute atomic E-state index is 12.9. The van der Waals surface area contributed by atoms with Crippen LogP contribution in [0.5, 0.6) is 5.75 Å². The highest BCUT2D eigenvalue weighted by Crippen LogP contribution is 2.30. The number of anilines is 1. The van der Waals surface area contributed by atoms with E-state index in [1.54, 1.807) is 0 Å². The number of benzene rings is 2. The van der Waals surface area contributed by atoms with Crippen LogP contribution in [-0.4, -0.2) is 46.7 Å². The fourth-order valence-corrected chi connectivity index (χ4v) is 4.99. The highest BCUT2D eigenvalue weighted by molar-refractivity contribution is 8.00. The van der Waals surface area contributed by atoms with Gasteiger partial charge in [0.15, 0.2) is 0 Å². The fraction of sp³-hybridized carbons (Fsp3) is 0.385. The van der Waals surface area contributed by atoms with Gasteiger partial charge in [-0.3, -0.25) is 9.59 Å². The molecule has 174 valence electrons. The van der Waals surface area contributed by atoms with Gasteiger partial charge in [-0.2, -0.15) is 0 Å². The van der Waals surface area contributed by atoms with Crippen LogP contribution in [0.3, 0.4) is 0 Å². The summed E-state index contributed by atoms with van der Waals surface area (Å²) in [5.41, 5.74) is 1.76. The first-order valence-corrected chi connectivity index (χ1v) is 12.5. The molecule has 0 unspecified atom stereocenters. The third-order valence-electron chi connectivity index (χ3n) is 6.00. The summed E-state index contributed by atoms with van der Waals surface area (Å²) >= 11 is 1.49. The minimum absolute atomic E-state index is 0.0699. The van der Waals surface area contributed by atoms with Crippen molar-refractivity contribution in [3.05, 3.63) is 54.7 Å². The normalized spacial score (nSPS) is 14.4. The van der Waals surface area contributed by atoms with Gasteiger partial charge in [0.2, 0.25) is 11.8 Å². The van der Waals surface area contributed by atoms with E-state index in [0.717, 1.165) is 53.2 Å². The number of aromatic nitrogens is 1. The van der Waals surface area contributed by atoms with Crippen LogP contribution in [-0.2, 0) is 16.1 Å². The van der Waals surface area contributed by atoms with Crippen LogP contribution in [0.2, 0.25) is 0 Å². The molecule has 1 fully saturated rings. The lowest BCUT2D eigenvalue weighted by Gasteiger charge is -2.30. The van der Waals surface area contributed by atoms with E-state index in [1.165, 1.54) is 11.8 Å². The Morgan fingerprint density at radius 2 is 1.82 bits per heavy atom. The van der Waals surface area contributed by atoms with Crippen LogP contribution in [0.1, 0.15) is 26.7 Å². The first-order valence-electron chi connectivity index (χ1n) is 11.5. The largest absolute Gasteiger partial charge is 0.494 e. The standard InChI is InChI=1S/C26H31N3O3S/c1-3-32-21-10-8-20(9-11-21)27-25(30)18-33-24-16-29(23-7-5-4-6-22(23)24)17-26(31)28-14-12-19(2)13-15-28/h4-11,16,19H,3,12-15,17-18H2,1-2H3,(H,27,30). The molecule has 4 rings (SSSR count). The van der Waals surface area contributed by atoms with Gasteiger partial charge in [0.1, 0.15) is 12.3 Å². The van der Waals surface area contributed by atoms with Gasteiger partial charge in [0.05, 0.1) is 12.4 Å². The zero-order valence-electron chi connectivity index (χ0n) is 19.3. The number of rotatable bonds is 8. The Kier molecular flexibility index (Phi) is 7.60. The Hall–Kier alpha value is -2.93. The number of carbonyl (C=O) groups excluding carboxylic acids is 2. The number of ether oxygens (including phenoxy) is 1. The smallest absolute Gasteiger partial charge is 0.242 e. The molecule has 0 spiro atoms. The van der Waals surface area contributed by atoms with E-state index < -0.39 is 0 Å². The van der Waals surface area contributed by atoms with Crippen molar-refractivity contribution in [1.29, 1.82) is 0 Å². The summed E-state index contributed by atoms with van der Waals surface area (Å²) in [6.45, 7) is 6.80. The molecular formula is C26H31N3O3S. The number of amides is 2. The van der Waals surface area contributed by atoms with Crippen molar-refractivity contribution in [3.63, 3.8) is 0 Å². The SMILES string of the molecule is CCOc1ccc(NC(=O)CSc2cn(CC(=O)N3CCC(C)CC3)c3ccccc23)cc1. The lowest BCUT2D eigenvalue weighted by atomic mass is 9.99. The third-order valence-corrected chi connectivity index (χ3v) is 7.04. The quantitative estimate of drug-likeness (QED) is 0.474. The minimum Gasteiger partial charge on any atom is -0.494 e. The minimum atomic E-state index is -0.0699. The number of hydrogen-bond acceptors (Lipinski definition) is 4. The molecule has 0 bridgehead atoms. The van der Waals surface area contributed by atoms with Gasteiger partial charge in [-0.15, -0.1) is 11.8 Å². The molecule has 0 saturated carbocycles. The van der Waals surface area contributed by atoms with Gasteiger partial charge in [0, 0.05) is 40.8 Å². The molecule has 33 heavy (non-hydrogen) atoms. The van der Waals surface area contributed by atoms with Gasteiger partial charge in [-0.1, -0.05) is 25.1 Å². The number of carbonyl (C=O) groups is 2. The van der Waals surface area contributed by atoms with Crippen LogP contribution in [0.4, 0.5) is 5.69 Å². The molecule has 3 aromatic rings. The van der Waals surface area contributed by atoms with Gasteiger partial charge >= 0.3 is 0 Å². The summed E-state index contributed by atoms with van der Waals surface area (Å²) in [5, 5.41) is 4.00. The number of para-hydroxylation sites is 1. The molecule has 0 radical (unpaired) electrons. The molecule has 6 nitrogen and oxygen atoms in total. The molecule has 1 aliphatic heterocycles. The summed E-state index contributed by atoms with van der Waals surface area (Å²) < 4.78 is 7.46. The molecule has 1 N–H and O–H groups in total. The molecule has 1 aromatic heterocycles. The molecule has 7 heteroatoms. The predicted octanol–water partition coefficient (Wildman–Crippen LogP) is 5.03. The number of fused-ring (bicyclic) bond motifs is 1. The van der Waals surface area contributed by atoms with Crippen molar-refractivity contribution in [2.75, 3.05) is 30.8 Å². The molecule has 2 amide bonds. The Morgan fingerprint density at radius 3 is 2.55 bits per heavy atom. The van der Waals surface area contributed by atoms with E-state index in [0.29, 0.717) is 24.8 Å². The van der Waals surface area contributed by atoms with Crippen LogP contribution < -0.4 is 10.1 Å². The number of likely N-dealkylation sites (tertiary alicyclic amines) is 1. The highest BCUT2D eigenvalue weighted by atomic mass is 32.2. The highest BCUT2D eigenvalue weighted by Gasteiger charge is 2.21. The zero-order chi connectivity index (χ0) is 23.2. The van der Waals surface area contributed by atoms with E-state index in [4.69, 9.17) is 4.74 Å². The first-order chi connectivity index (χ1) is 16.0. The molecule has 0 atom stereocenters. The fourth-order valence-electron chi connectivity index (χ4n) is 4.10. The number of nitrogens with zero attached hydrogens (tertiary/aromatic N) is 2. The monoisotopic (exact) mass is 465 g/mol. The second-order valence-corrected chi connectivity index (χ2v) is 9.51. The second kappa shape index (κ2) is 10.8. The Bertz CT molecular complexity index is 1100. The van der Waals surface area contributed by atoms with Crippen LogP contribution >= 0.6 is 11.8 Å². The molecule has 2 heterocycles. The van der Waals surface area contributed by atoms with Crippen molar-refractivity contribution in [2.45, 2.75) is 38.1 Å². The van der Waals surface area contributed by atoms with E-state index in [9.17, 15) is 9.59 Å². The van der Waals surface area contributed by atoms with Crippen LogP contribution in [0.25, 0.3) is 10.9 Å². The van der Waals surface area contributed by atoms with Crippen molar-refractivity contribution < 1.29 is 14.3 Å². The maximum Gasteiger partial charge on any atom is 0.242 e. The van der Waals surface area contributed by atoms with E-state index in [2.05, 4.69) is 12.2 Å². The number of hydrogen-bond donors (Lipinski definition) is 1. The van der Waals surface area contributed by atoms with Crippen molar-refractivity contribution in [3.8, 4) is 5.75 Å². The Labute approximate surface area is 199 Å². The topological polar surface area (TPSA) is 63.6 Å². The summed E-state index contributed by atoms with van der Waals surface area (Å²) in [4.78, 5) is 28.4. The average molecular weight is 466 g/mol. The number of thioether (sulfide) groups is 1. The lowest BCUT2D eigenvalue weighted by molar-refractivity contribution is -0.133.